The lowest BCUT2D eigenvalue weighted by molar-refractivity contribution is -0.407. The van der Waals surface area contributed by atoms with Crippen LogP contribution in [0.5, 0.6) is 0 Å². The standard InChI is InChI=1S/C22H31NO4/c1-12-11-21-7-4-13(12)10-14(21)22-6-3-5-20(2)16(22)15(25)17(21)27-19(22)23(8-9-24)18(20)26/h13-17,19,24-25H,1,3-11H2,2H3/t13-,14+,15+,16+,17+,19?,20+,21+,22+/m0/s1. The summed E-state index contributed by atoms with van der Waals surface area (Å²) in [7, 11) is 0. The SMILES string of the molecule is C=C1C[C@]23CC[C@H]1C[C@H]2[C@@]12CCC[C@@]4(C)C(=O)N(CCO)C1O[C@@H]3[C@H](O)[C@@H]24. The number of fused-ring (bicyclic) bond motifs is 2. The van der Waals surface area contributed by atoms with Gasteiger partial charge in [0.15, 0.2) is 0 Å². The van der Waals surface area contributed by atoms with Crippen LogP contribution in [-0.4, -0.2) is 52.6 Å². The van der Waals surface area contributed by atoms with Crippen molar-refractivity contribution in [1.29, 1.82) is 0 Å². The first-order valence-corrected chi connectivity index (χ1v) is 10.8. The molecule has 0 aromatic carbocycles. The molecule has 8 aliphatic rings. The summed E-state index contributed by atoms with van der Waals surface area (Å²) in [5, 5.41) is 21.2. The van der Waals surface area contributed by atoms with Crippen LogP contribution in [0, 0.1) is 34.0 Å². The van der Waals surface area contributed by atoms with Gasteiger partial charge in [-0.05, 0) is 50.4 Å². The van der Waals surface area contributed by atoms with E-state index in [-0.39, 0.29) is 41.6 Å². The third-order valence-corrected chi connectivity index (χ3v) is 9.85. The van der Waals surface area contributed by atoms with Crippen molar-refractivity contribution in [3.05, 3.63) is 12.2 Å². The van der Waals surface area contributed by atoms with E-state index in [1.54, 1.807) is 0 Å². The number of carbonyl (C=O) groups excluding carboxylic acids is 1. The van der Waals surface area contributed by atoms with Gasteiger partial charge in [-0.15, -0.1) is 0 Å². The van der Waals surface area contributed by atoms with Crippen molar-refractivity contribution in [2.24, 2.45) is 34.0 Å². The summed E-state index contributed by atoms with van der Waals surface area (Å²) in [6.45, 7) is 6.76. The number of piperidine rings is 1. The van der Waals surface area contributed by atoms with Gasteiger partial charge in [-0.1, -0.05) is 25.5 Å². The number of carbonyl (C=O) groups is 1. The third-order valence-electron chi connectivity index (χ3n) is 9.85. The Labute approximate surface area is 160 Å². The average molecular weight is 373 g/mol. The molecule has 5 heteroatoms. The van der Waals surface area contributed by atoms with Crippen molar-refractivity contribution in [1.82, 2.24) is 4.90 Å². The minimum absolute atomic E-state index is 0.00176. The third kappa shape index (κ3) is 1.61. The molecule has 1 unspecified atom stereocenters. The molecular weight excluding hydrogens is 342 g/mol. The summed E-state index contributed by atoms with van der Waals surface area (Å²) in [5.74, 6) is 1.17. The number of hydrogen-bond acceptors (Lipinski definition) is 4. The largest absolute Gasteiger partial charge is 0.395 e. The van der Waals surface area contributed by atoms with Gasteiger partial charge in [0.25, 0.3) is 0 Å². The zero-order valence-electron chi connectivity index (χ0n) is 16.2. The normalized spacial score (nSPS) is 57.8. The van der Waals surface area contributed by atoms with E-state index >= 15 is 0 Å². The lowest BCUT2D eigenvalue weighted by Crippen LogP contribution is -2.85. The number of hydrogen-bond donors (Lipinski definition) is 2. The Morgan fingerprint density at radius 2 is 2.15 bits per heavy atom. The zero-order valence-corrected chi connectivity index (χ0v) is 16.2. The van der Waals surface area contributed by atoms with Crippen LogP contribution < -0.4 is 0 Å². The molecule has 8 rings (SSSR count). The molecule has 1 amide bonds. The van der Waals surface area contributed by atoms with Crippen molar-refractivity contribution in [3.8, 4) is 0 Å². The number of rotatable bonds is 2. The summed E-state index contributed by atoms with van der Waals surface area (Å²) >= 11 is 0. The monoisotopic (exact) mass is 373 g/mol. The maximum atomic E-state index is 13.5. The van der Waals surface area contributed by atoms with E-state index in [1.807, 2.05) is 4.90 Å². The fourth-order valence-electron chi connectivity index (χ4n) is 9.16. The average Bonchev–Trinajstić information content (AvgIpc) is 2.65. The van der Waals surface area contributed by atoms with Crippen LogP contribution in [0.3, 0.4) is 0 Å². The Morgan fingerprint density at radius 3 is 2.89 bits per heavy atom. The second-order valence-electron chi connectivity index (χ2n) is 10.6. The second-order valence-corrected chi connectivity index (χ2v) is 10.6. The van der Waals surface area contributed by atoms with Crippen LogP contribution in [-0.2, 0) is 9.53 Å². The second kappa shape index (κ2) is 4.98. The Hall–Kier alpha value is -0.910. The van der Waals surface area contributed by atoms with Gasteiger partial charge in [0.05, 0.1) is 24.2 Å². The van der Waals surface area contributed by atoms with Crippen LogP contribution in [0.2, 0.25) is 0 Å². The van der Waals surface area contributed by atoms with E-state index in [0.29, 0.717) is 18.4 Å². The Morgan fingerprint density at radius 1 is 1.33 bits per heavy atom. The van der Waals surface area contributed by atoms with Crippen LogP contribution >= 0.6 is 0 Å². The van der Waals surface area contributed by atoms with Gasteiger partial charge in [0, 0.05) is 23.3 Å². The molecule has 5 saturated carbocycles. The number of likely N-dealkylation sites (tertiary alicyclic amines) is 1. The topological polar surface area (TPSA) is 70.0 Å². The molecule has 5 aliphatic carbocycles. The van der Waals surface area contributed by atoms with E-state index in [4.69, 9.17) is 4.74 Å². The highest BCUT2D eigenvalue weighted by Gasteiger charge is 2.81. The summed E-state index contributed by atoms with van der Waals surface area (Å²) < 4.78 is 6.67. The number of β-amino-alcohol motifs (C(OH)–C–C–N with tert-alkyl or cyclic N) is 1. The molecule has 148 valence electrons. The Balaban J connectivity index is 1.57. The minimum Gasteiger partial charge on any atom is -0.395 e. The molecule has 27 heavy (non-hydrogen) atoms. The number of allylic oxidation sites excluding steroid dienone is 1. The molecule has 0 radical (unpaired) electrons. The summed E-state index contributed by atoms with van der Waals surface area (Å²) in [4.78, 5) is 15.3. The van der Waals surface area contributed by atoms with Crippen LogP contribution in [0.25, 0.3) is 0 Å². The first kappa shape index (κ1) is 17.0. The molecule has 0 aromatic rings. The summed E-state index contributed by atoms with van der Waals surface area (Å²) in [6, 6.07) is 0. The minimum atomic E-state index is -0.564. The fraction of sp³-hybridized carbons (Fsp3) is 0.864. The van der Waals surface area contributed by atoms with Gasteiger partial charge >= 0.3 is 0 Å². The number of ether oxygens (including phenoxy) is 1. The molecule has 3 heterocycles. The molecule has 9 atom stereocenters. The Bertz CT molecular complexity index is 738. The Kier molecular flexibility index (Phi) is 3.13. The molecule has 3 aliphatic heterocycles. The number of aliphatic hydroxyl groups is 2. The predicted octanol–water partition coefficient (Wildman–Crippen LogP) is 2.08. The molecule has 3 saturated heterocycles. The van der Waals surface area contributed by atoms with Gasteiger partial charge in [0.2, 0.25) is 5.91 Å². The number of nitrogens with zero attached hydrogens (tertiary/aromatic N) is 1. The van der Waals surface area contributed by atoms with Crippen molar-refractivity contribution in [2.75, 3.05) is 13.2 Å². The smallest absolute Gasteiger partial charge is 0.231 e. The molecular formula is C22H31NO4. The summed E-state index contributed by atoms with van der Waals surface area (Å²) in [6.07, 6.45) is 6.28. The van der Waals surface area contributed by atoms with E-state index in [0.717, 1.165) is 38.5 Å². The molecule has 0 aromatic heterocycles. The maximum absolute atomic E-state index is 13.5. The van der Waals surface area contributed by atoms with E-state index in [9.17, 15) is 15.0 Å². The van der Waals surface area contributed by atoms with Crippen molar-refractivity contribution < 1.29 is 19.7 Å². The molecule has 8 fully saturated rings. The van der Waals surface area contributed by atoms with Crippen molar-refractivity contribution in [3.63, 3.8) is 0 Å². The van der Waals surface area contributed by atoms with E-state index < -0.39 is 11.5 Å². The maximum Gasteiger partial charge on any atom is 0.231 e. The predicted molar refractivity (Wildman–Crippen MR) is 98.4 cm³/mol. The molecule has 2 N–H and O–H groups in total. The van der Waals surface area contributed by atoms with Gasteiger partial charge in [-0.25, -0.2) is 0 Å². The van der Waals surface area contributed by atoms with Gasteiger partial charge in [0.1, 0.15) is 6.23 Å². The van der Waals surface area contributed by atoms with Gasteiger partial charge in [-0.2, -0.15) is 0 Å². The van der Waals surface area contributed by atoms with Crippen LogP contribution in [0.1, 0.15) is 51.9 Å². The van der Waals surface area contributed by atoms with Gasteiger partial charge in [-0.3, -0.25) is 4.79 Å². The summed E-state index contributed by atoms with van der Waals surface area (Å²) in [5.41, 5.74) is 0.663. The number of amides is 1. The lowest BCUT2D eigenvalue weighted by atomic mass is 9.32. The molecule has 2 spiro atoms. The fourth-order valence-corrected chi connectivity index (χ4v) is 9.16. The zero-order chi connectivity index (χ0) is 18.8. The lowest BCUT2D eigenvalue weighted by Gasteiger charge is -2.79. The first-order chi connectivity index (χ1) is 12.9. The van der Waals surface area contributed by atoms with E-state index in [1.165, 1.54) is 12.0 Å². The molecule has 7 bridgehead atoms. The highest BCUT2D eigenvalue weighted by atomic mass is 16.5. The van der Waals surface area contributed by atoms with Crippen LogP contribution in [0.15, 0.2) is 12.2 Å². The first-order valence-electron chi connectivity index (χ1n) is 10.8. The highest BCUT2D eigenvalue weighted by Crippen LogP contribution is 2.78. The van der Waals surface area contributed by atoms with Crippen molar-refractivity contribution >= 4 is 5.91 Å². The number of aliphatic hydroxyl groups excluding tert-OH is 2. The quantitative estimate of drug-likeness (QED) is 0.727. The van der Waals surface area contributed by atoms with Gasteiger partial charge < -0.3 is 19.8 Å². The van der Waals surface area contributed by atoms with E-state index in [2.05, 4.69) is 13.5 Å². The molecule has 5 nitrogen and oxygen atoms in total. The van der Waals surface area contributed by atoms with Crippen LogP contribution in [0.4, 0.5) is 0 Å². The van der Waals surface area contributed by atoms with Crippen molar-refractivity contribution in [2.45, 2.75) is 70.3 Å². The highest BCUT2D eigenvalue weighted by molar-refractivity contribution is 5.85.